The summed E-state index contributed by atoms with van der Waals surface area (Å²) in [7, 11) is 0. The fraction of sp³-hybridized carbons (Fsp3) is 0.429. The maximum atomic E-state index is 5.37. The molecule has 0 N–H and O–H groups in total. The molecule has 18 heavy (non-hydrogen) atoms. The number of fused-ring (bicyclic) bond motifs is 1. The van der Waals surface area contributed by atoms with Gasteiger partial charge >= 0.3 is 0 Å². The predicted molar refractivity (Wildman–Crippen MR) is 76.9 cm³/mol. The molecule has 0 amide bonds. The summed E-state index contributed by atoms with van der Waals surface area (Å²) >= 11 is 3.60. The quantitative estimate of drug-likeness (QED) is 0.867. The molecule has 1 fully saturated rings. The Hall–Kier alpha value is -0.840. The van der Waals surface area contributed by atoms with Crippen LogP contribution in [0.15, 0.2) is 34.9 Å². The lowest BCUT2D eigenvalue weighted by atomic mass is 10.2. The third-order valence-electron chi connectivity index (χ3n) is 3.52. The number of rotatable bonds is 3. The van der Waals surface area contributed by atoms with E-state index in [0.717, 1.165) is 39.4 Å². The normalized spacial score (nSPS) is 17.4. The topological polar surface area (TPSA) is 17.4 Å². The highest BCUT2D eigenvalue weighted by Crippen LogP contribution is 2.24. The van der Waals surface area contributed by atoms with Crippen LogP contribution in [0.1, 0.15) is 0 Å². The van der Waals surface area contributed by atoms with Crippen LogP contribution >= 0.6 is 15.9 Å². The largest absolute Gasteiger partial charge is 0.379 e. The van der Waals surface area contributed by atoms with E-state index in [2.05, 4.69) is 55.9 Å². The lowest BCUT2D eigenvalue weighted by Crippen LogP contribution is -2.38. The van der Waals surface area contributed by atoms with E-state index >= 15 is 0 Å². The monoisotopic (exact) mass is 308 g/mol. The number of hydrogen-bond donors (Lipinski definition) is 0. The van der Waals surface area contributed by atoms with E-state index in [0.29, 0.717) is 0 Å². The van der Waals surface area contributed by atoms with E-state index in [4.69, 9.17) is 4.74 Å². The van der Waals surface area contributed by atoms with E-state index in [1.165, 1.54) is 15.4 Å². The number of ether oxygens (including phenoxy) is 1. The molecule has 0 aliphatic carbocycles. The molecular formula is C14H17BrN2O. The third-order valence-corrected chi connectivity index (χ3v) is 4.21. The van der Waals surface area contributed by atoms with Crippen molar-refractivity contribution in [3.63, 3.8) is 0 Å². The highest BCUT2D eigenvalue weighted by molar-refractivity contribution is 9.10. The van der Waals surface area contributed by atoms with E-state index in [1.54, 1.807) is 0 Å². The molecule has 1 aliphatic heterocycles. The van der Waals surface area contributed by atoms with E-state index < -0.39 is 0 Å². The van der Waals surface area contributed by atoms with Gasteiger partial charge in [-0.15, -0.1) is 0 Å². The van der Waals surface area contributed by atoms with Crippen LogP contribution in [-0.4, -0.2) is 42.3 Å². The van der Waals surface area contributed by atoms with E-state index in [-0.39, 0.29) is 0 Å². The number of nitrogens with zero attached hydrogens (tertiary/aromatic N) is 2. The second kappa shape index (κ2) is 5.43. The van der Waals surface area contributed by atoms with Crippen molar-refractivity contribution in [1.29, 1.82) is 0 Å². The minimum atomic E-state index is 0.873. The summed E-state index contributed by atoms with van der Waals surface area (Å²) < 4.78 is 8.87. The molecule has 1 aliphatic rings. The fourth-order valence-corrected chi connectivity index (χ4v) is 2.94. The highest BCUT2D eigenvalue weighted by atomic mass is 79.9. The van der Waals surface area contributed by atoms with Crippen LogP contribution in [-0.2, 0) is 11.3 Å². The lowest BCUT2D eigenvalue weighted by Gasteiger charge is -2.26. The van der Waals surface area contributed by atoms with Crippen molar-refractivity contribution >= 4 is 26.8 Å². The summed E-state index contributed by atoms with van der Waals surface area (Å²) in [6, 6.07) is 8.55. The molecule has 0 unspecified atom stereocenters. The average molecular weight is 309 g/mol. The molecule has 96 valence electrons. The smallest absolute Gasteiger partial charge is 0.0594 e. The molecule has 1 saturated heterocycles. The first-order valence-corrected chi connectivity index (χ1v) is 7.17. The van der Waals surface area contributed by atoms with Gasteiger partial charge in [0.05, 0.1) is 13.2 Å². The fourth-order valence-electron chi connectivity index (χ4n) is 2.45. The van der Waals surface area contributed by atoms with Crippen LogP contribution < -0.4 is 0 Å². The Bertz CT molecular complexity index is 532. The van der Waals surface area contributed by atoms with Gasteiger partial charge in [0.1, 0.15) is 0 Å². The van der Waals surface area contributed by atoms with Gasteiger partial charge in [-0.1, -0.05) is 22.0 Å². The maximum absolute atomic E-state index is 5.37. The van der Waals surface area contributed by atoms with Crippen molar-refractivity contribution in [1.82, 2.24) is 9.47 Å². The van der Waals surface area contributed by atoms with Crippen molar-refractivity contribution < 1.29 is 4.74 Å². The molecule has 1 aromatic carbocycles. The van der Waals surface area contributed by atoms with Gasteiger partial charge in [-0.05, 0) is 18.2 Å². The number of aromatic nitrogens is 1. The van der Waals surface area contributed by atoms with Crippen LogP contribution in [0, 0.1) is 0 Å². The predicted octanol–water partition coefficient (Wildman–Crippen LogP) is 2.74. The molecule has 0 atom stereocenters. The second-order valence-corrected chi connectivity index (χ2v) is 5.49. The molecule has 1 aromatic heterocycles. The second-order valence-electron chi connectivity index (χ2n) is 4.64. The Morgan fingerprint density at radius 1 is 1.11 bits per heavy atom. The van der Waals surface area contributed by atoms with Crippen molar-refractivity contribution in [3.05, 3.63) is 34.9 Å². The SMILES string of the molecule is Brc1cccc2c1ccn2CCN1CCOCC1. The Kier molecular flexibility index (Phi) is 3.68. The lowest BCUT2D eigenvalue weighted by molar-refractivity contribution is 0.0365. The minimum Gasteiger partial charge on any atom is -0.379 e. The maximum Gasteiger partial charge on any atom is 0.0594 e. The minimum absolute atomic E-state index is 0.873. The van der Waals surface area contributed by atoms with Crippen molar-refractivity contribution in [2.75, 3.05) is 32.8 Å². The summed E-state index contributed by atoms with van der Waals surface area (Å²) in [6.45, 7) is 6.00. The molecule has 0 spiro atoms. The summed E-state index contributed by atoms with van der Waals surface area (Å²) in [5.41, 5.74) is 1.30. The van der Waals surface area contributed by atoms with Gasteiger partial charge in [0.2, 0.25) is 0 Å². The van der Waals surface area contributed by atoms with Gasteiger partial charge in [0.15, 0.2) is 0 Å². The van der Waals surface area contributed by atoms with Crippen molar-refractivity contribution in [2.45, 2.75) is 6.54 Å². The number of hydrogen-bond acceptors (Lipinski definition) is 2. The molecule has 2 aromatic rings. The molecule has 0 saturated carbocycles. The first-order chi connectivity index (χ1) is 8.84. The first kappa shape index (κ1) is 12.2. The molecule has 2 heterocycles. The molecule has 3 rings (SSSR count). The van der Waals surface area contributed by atoms with Gasteiger partial charge in [0, 0.05) is 47.8 Å². The summed E-state index contributed by atoms with van der Waals surface area (Å²) in [5, 5.41) is 1.29. The highest BCUT2D eigenvalue weighted by Gasteiger charge is 2.10. The van der Waals surface area contributed by atoms with Crippen LogP contribution in [0.3, 0.4) is 0 Å². The Morgan fingerprint density at radius 3 is 2.78 bits per heavy atom. The number of morpholine rings is 1. The average Bonchev–Trinajstić information content (AvgIpc) is 2.82. The number of benzene rings is 1. The van der Waals surface area contributed by atoms with Crippen molar-refractivity contribution in [3.8, 4) is 0 Å². The van der Waals surface area contributed by atoms with Gasteiger partial charge in [-0.3, -0.25) is 4.90 Å². The van der Waals surface area contributed by atoms with Crippen LogP contribution in [0.25, 0.3) is 10.9 Å². The zero-order chi connectivity index (χ0) is 12.4. The molecule has 4 heteroatoms. The summed E-state index contributed by atoms with van der Waals surface area (Å²) in [5.74, 6) is 0. The van der Waals surface area contributed by atoms with Gasteiger partial charge in [0.25, 0.3) is 0 Å². The van der Waals surface area contributed by atoms with Gasteiger partial charge < -0.3 is 9.30 Å². The third kappa shape index (κ3) is 2.46. The van der Waals surface area contributed by atoms with Crippen LogP contribution in [0.2, 0.25) is 0 Å². The zero-order valence-corrected chi connectivity index (χ0v) is 11.9. The van der Waals surface area contributed by atoms with E-state index in [1.807, 2.05) is 0 Å². The van der Waals surface area contributed by atoms with Crippen LogP contribution in [0.4, 0.5) is 0 Å². The summed E-state index contributed by atoms with van der Waals surface area (Å²) in [6.07, 6.45) is 2.18. The Morgan fingerprint density at radius 2 is 1.94 bits per heavy atom. The number of halogens is 1. The zero-order valence-electron chi connectivity index (χ0n) is 10.3. The molecule has 0 radical (unpaired) electrons. The first-order valence-electron chi connectivity index (χ1n) is 6.38. The van der Waals surface area contributed by atoms with Gasteiger partial charge in [-0.25, -0.2) is 0 Å². The Labute approximate surface area is 115 Å². The standard InChI is InChI=1S/C14H17BrN2O/c15-13-2-1-3-14-12(13)4-5-17(14)7-6-16-8-10-18-11-9-16/h1-5H,6-11H2. The molecular weight excluding hydrogens is 292 g/mol. The summed E-state index contributed by atoms with van der Waals surface area (Å²) in [4.78, 5) is 2.47. The van der Waals surface area contributed by atoms with Gasteiger partial charge in [-0.2, -0.15) is 0 Å². The Balaban J connectivity index is 1.72. The van der Waals surface area contributed by atoms with Crippen LogP contribution in [0.5, 0.6) is 0 Å². The molecule has 3 nitrogen and oxygen atoms in total. The van der Waals surface area contributed by atoms with Crippen molar-refractivity contribution in [2.24, 2.45) is 0 Å². The van der Waals surface area contributed by atoms with E-state index in [9.17, 15) is 0 Å². The molecule has 0 bridgehead atoms.